The Kier molecular flexibility index (Phi) is 5.56. The Morgan fingerprint density at radius 1 is 0.897 bits per heavy atom. The number of hydrogen-bond donors (Lipinski definition) is 0. The average molecular weight is 389 g/mol. The highest BCUT2D eigenvalue weighted by atomic mass is 19.1. The molecular formula is C22H20FN5O. The van der Waals surface area contributed by atoms with Crippen molar-refractivity contribution in [3.05, 3.63) is 78.3 Å². The second-order valence-corrected chi connectivity index (χ2v) is 6.69. The Hall–Kier alpha value is -3.61. The lowest BCUT2D eigenvalue weighted by atomic mass is 10.2. The van der Waals surface area contributed by atoms with Crippen LogP contribution >= 0.6 is 0 Å². The van der Waals surface area contributed by atoms with Crippen molar-refractivity contribution in [3.63, 3.8) is 0 Å². The second kappa shape index (κ2) is 8.60. The van der Waals surface area contributed by atoms with E-state index in [-0.39, 0.29) is 11.7 Å². The van der Waals surface area contributed by atoms with E-state index in [9.17, 15) is 9.18 Å². The summed E-state index contributed by atoms with van der Waals surface area (Å²) < 4.78 is 12.9. The van der Waals surface area contributed by atoms with Gasteiger partial charge < -0.3 is 9.80 Å². The molecule has 0 bridgehead atoms. The van der Waals surface area contributed by atoms with Gasteiger partial charge in [0.2, 0.25) is 5.91 Å². The molecule has 29 heavy (non-hydrogen) atoms. The summed E-state index contributed by atoms with van der Waals surface area (Å²) >= 11 is 0. The number of halogens is 1. The molecule has 2 aromatic heterocycles. The van der Waals surface area contributed by atoms with Gasteiger partial charge in [-0.05, 0) is 48.0 Å². The number of anilines is 1. The molecule has 1 aliphatic rings. The Bertz CT molecular complexity index is 982. The maximum atomic E-state index is 12.9. The molecule has 0 saturated carbocycles. The predicted octanol–water partition coefficient (Wildman–Crippen LogP) is 3.04. The van der Waals surface area contributed by atoms with Gasteiger partial charge in [-0.3, -0.25) is 9.78 Å². The van der Waals surface area contributed by atoms with Crippen LogP contribution in [0.3, 0.4) is 0 Å². The molecule has 0 aliphatic carbocycles. The van der Waals surface area contributed by atoms with E-state index in [0.717, 1.165) is 22.8 Å². The van der Waals surface area contributed by atoms with Gasteiger partial charge in [0.15, 0.2) is 5.82 Å². The highest BCUT2D eigenvalue weighted by Gasteiger charge is 2.20. The molecule has 0 N–H and O–H groups in total. The molecule has 1 amide bonds. The highest BCUT2D eigenvalue weighted by molar-refractivity contribution is 5.91. The number of benzene rings is 1. The van der Waals surface area contributed by atoms with E-state index in [2.05, 4.69) is 20.1 Å². The number of nitrogens with zero attached hydrogens (tertiary/aromatic N) is 5. The van der Waals surface area contributed by atoms with Gasteiger partial charge in [-0.25, -0.2) is 4.39 Å². The van der Waals surface area contributed by atoms with Crippen LogP contribution in [-0.4, -0.2) is 52.2 Å². The number of carbonyl (C=O) groups excluding carboxylic acids is 1. The molecule has 0 radical (unpaired) electrons. The molecular weight excluding hydrogens is 369 g/mol. The molecule has 3 aromatic rings. The van der Waals surface area contributed by atoms with E-state index >= 15 is 0 Å². The third-order valence-corrected chi connectivity index (χ3v) is 4.78. The van der Waals surface area contributed by atoms with E-state index in [0.29, 0.717) is 26.2 Å². The summed E-state index contributed by atoms with van der Waals surface area (Å²) in [6.45, 7) is 2.59. The Balaban J connectivity index is 1.33. The Morgan fingerprint density at radius 2 is 1.69 bits per heavy atom. The number of aromatic nitrogens is 3. The first-order valence-corrected chi connectivity index (χ1v) is 9.42. The summed E-state index contributed by atoms with van der Waals surface area (Å²) in [5.41, 5.74) is 2.31. The molecule has 1 fully saturated rings. The van der Waals surface area contributed by atoms with Crippen LogP contribution in [0, 0.1) is 5.82 Å². The van der Waals surface area contributed by atoms with Crippen molar-refractivity contribution in [2.24, 2.45) is 0 Å². The van der Waals surface area contributed by atoms with Gasteiger partial charge in [0, 0.05) is 38.5 Å². The van der Waals surface area contributed by atoms with Crippen molar-refractivity contribution in [1.29, 1.82) is 0 Å². The minimum atomic E-state index is -0.291. The van der Waals surface area contributed by atoms with Crippen LogP contribution in [0.2, 0.25) is 0 Å². The maximum absolute atomic E-state index is 12.9. The first-order chi connectivity index (χ1) is 14.2. The lowest BCUT2D eigenvalue weighted by molar-refractivity contribution is -0.126. The van der Waals surface area contributed by atoms with Crippen molar-refractivity contribution in [3.8, 4) is 11.4 Å². The van der Waals surface area contributed by atoms with Crippen LogP contribution in [0.4, 0.5) is 10.2 Å². The fourth-order valence-electron chi connectivity index (χ4n) is 3.15. The summed E-state index contributed by atoms with van der Waals surface area (Å²) in [5.74, 6) is 0.449. The van der Waals surface area contributed by atoms with Crippen molar-refractivity contribution in [2.45, 2.75) is 0 Å². The van der Waals surface area contributed by atoms with Crippen molar-refractivity contribution in [2.75, 3.05) is 31.1 Å². The van der Waals surface area contributed by atoms with Crippen molar-refractivity contribution < 1.29 is 9.18 Å². The lowest BCUT2D eigenvalue weighted by Gasteiger charge is -2.34. The monoisotopic (exact) mass is 389 g/mol. The van der Waals surface area contributed by atoms with Gasteiger partial charge in [0.25, 0.3) is 0 Å². The molecule has 1 aromatic carbocycles. The number of hydrogen-bond acceptors (Lipinski definition) is 5. The molecule has 6 nitrogen and oxygen atoms in total. The van der Waals surface area contributed by atoms with Crippen molar-refractivity contribution >= 4 is 17.8 Å². The normalized spacial score (nSPS) is 14.4. The molecule has 3 heterocycles. The summed E-state index contributed by atoms with van der Waals surface area (Å²) in [6.07, 6.45) is 4.96. The quantitative estimate of drug-likeness (QED) is 0.642. The van der Waals surface area contributed by atoms with E-state index in [4.69, 9.17) is 0 Å². The minimum Gasteiger partial charge on any atom is -0.352 e. The van der Waals surface area contributed by atoms with Crippen LogP contribution in [0.5, 0.6) is 0 Å². The molecule has 1 saturated heterocycles. The van der Waals surface area contributed by atoms with E-state index in [1.165, 1.54) is 18.2 Å². The SMILES string of the molecule is O=C(/C=C/c1ccc(F)cc1)N1CCN(c2ccc(-c3ccccn3)nn2)CC1. The van der Waals surface area contributed by atoms with Crippen LogP contribution in [-0.2, 0) is 4.79 Å². The predicted molar refractivity (Wildman–Crippen MR) is 109 cm³/mol. The second-order valence-electron chi connectivity index (χ2n) is 6.69. The number of pyridine rings is 1. The molecule has 146 valence electrons. The molecule has 0 spiro atoms. The van der Waals surface area contributed by atoms with Gasteiger partial charge in [0.05, 0.1) is 5.69 Å². The largest absolute Gasteiger partial charge is 0.352 e. The molecule has 4 rings (SSSR count). The smallest absolute Gasteiger partial charge is 0.246 e. The lowest BCUT2D eigenvalue weighted by Crippen LogP contribution is -2.48. The van der Waals surface area contributed by atoms with E-state index in [1.54, 1.807) is 29.3 Å². The zero-order chi connectivity index (χ0) is 20.1. The number of rotatable bonds is 4. The van der Waals surface area contributed by atoms with Crippen LogP contribution in [0.15, 0.2) is 66.9 Å². The summed E-state index contributed by atoms with van der Waals surface area (Å²) in [7, 11) is 0. The van der Waals surface area contributed by atoms with Crippen LogP contribution in [0.1, 0.15) is 5.56 Å². The van der Waals surface area contributed by atoms with Crippen LogP contribution in [0.25, 0.3) is 17.5 Å². The van der Waals surface area contributed by atoms with E-state index in [1.807, 2.05) is 30.3 Å². The first kappa shape index (κ1) is 18.7. The molecule has 1 aliphatic heterocycles. The number of piperazine rings is 1. The minimum absolute atomic E-state index is 0.0504. The third kappa shape index (κ3) is 4.63. The molecule has 0 unspecified atom stereocenters. The standard InChI is InChI=1S/C22H20FN5O/c23-18-7-4-17(5-8-18)6-11-22(29)28-15-13-27(14-16-28)21-10-9-20(25-26-21)19-3-1-2-12-24-19/h1-12H,13-16H2/b11-6+. The van der Waals surface area contributed by atoms with Gasteiger partial charge in [-0.1, -0.05) is 18.2 Å². The third-order valence-electron chi connectivity index (χ3n) is 4.78. The topological polar surface area (TPSA) is 62.2 Å². The summed E-state index contributed by atoms with van der Waals surface area (Å²) in [6, 6.07) is 15.6. The summed E-state index contributed by atoms with van der Waals surface area (Å²) in [5, 5.41) is 8.59. The first-order valence-electron chi connectivity index (χ1n) is 9.42. The van der Waals surface area contributed by atoms with Crippen molar-refractivity contribution in [1.82, 2.24) is 20.1 Å². The van der Waals surface area contributed by atoms with Crippen LogP contribution < -0.4 is 4.90 Å². The number of amides is 1. The van der Waals surface area contributed by atoms with Gasteiger partial charge in [-0.2, -0.15) is 0 Å². The Morgan fingerprint density at radius 3 is 2.34 bits per heavy atom. The molecule has 7 heteroatoms. The van der Waals surface area contributed by atoms with Gasteiger partial charge in [0.1, 0.15) is 11.5 Å². The maximum Gasteiger partial charge on any atom is 0.246 e. The molecule has 0 atom stereocenters. The highest BCUT2D eigenvalue weighted by Crippen LogP contribution is 2.17. The Labute approximate surface area is 168 Å². The number of carbonyl (C=O) groups is 1. The van der Waals surface area contributed by atoms with E-state index < -0.39 is 0 Å². The fraction of sp³-hybridized carbons (Fsp3) is 0.182. The zero-order valence-corrected chi connectivity index (χ0v) is 15.8. The zero-order valence-electron chi connectivity index (χ0n) is 15.8. The summed E-state index contributed by atoms with van der Waals surface area (Å²) in [4.78, 5) is 20.6. The fourth-order valence-corrected chi connectivity index (χ4v) is 3.15. The average Bonchev–Trinajstić information content (AvgIpc) is 2.79. The van der Waals surface area contributed by atoms with Gasteiger partial charge >= 0.3 is 0 Å². The van der Waals surface area contributed by atoms with Gasteiger partial charge in [-0.15, -0.1) is 10.2 Å².